The minimum absolute atomic E-state index is 0.158. The van der Waals surface area contributed by atoms with Crippen LogP contribution in [0.25, 0.3) is 11.0 Å². The standard InChI is InChI=1S/C17H20F3N3O2/c1-15(2)9-23(7-6-16(15,3)25)13(24)10-4-5-11-12(8-10)22-14(21-11)17(18,19)20/h4-5,8,25H,6-7,9H2,1-3H3,(H,21,22)/t16-/m0/s1. The second-order valence-electron chi connectivity index (χ2n) is 7.45. The lowest BCUT2D eigenvalue weighted by Crippen LogP contribution is -2.56. The molecule has 0 radical (unpaired) electrons. The highest BCUT2D eigenvalue weighted by molar-refractivity contribution is 5.97. The molecule has 8 heteroatoms. The van der Waals surface area contributed by atoms with Crippen LogP contribution in [-0.4, -0.2) is 44.6 Å². The molecule has 0 spiro atoms. The molecule has 136 valence electrons. The van der Waals surface area contributed by atoms with Crippen LogP contribution in [-0.2, 0) is 6.18 Å². The molecule has 1 saturated heterocycles. The van der Waals surface area contributed by atoms with E-state index >= 15 is 0 Å². The SMILES string of the molecule is CC1(C)CN(C(=O)c2ccc3nc(C(F)(F)F)[nH]c3c2)CC[C@]1(C)O. The second-order valence-corrected chi connectivity index (χ2v) is 7.45. The number of nitrogens with zero attached hydrogens (tertiary/aromatic N) is 2. The minimum Gasteiger partial charge on any atom is -0.389 e. The van der Waals surface area contributed by atoms with Crippen molar-refractivity contribution in [2.24, 2.45) is 5.41 Å². The first kappa shape index (κ1) is 17.7. The van der Waals surface area contributed by atoms with Crippen molar-refractivity contribution in [2.75, 3.05) is 13.1 Å². The number of H-pyrrole nitrogens is 1. The van der Waals surface area contributed by atoms with Gasteiger partial charge < -0.3 is 15.0 Å². The van der Waals surface area contributed by atoms with Gasteiger partial charge in [-0.25, -0.2) is 4.98 Å². The molecule has 2 heterocycles. The smallest absolute Gasteiger partial charge is 0.389 e. The van der Waals surface area contributed by atoms with Crippen LogP contribution in [0.5, 0.6) is 0 Å². The second kappa shape index (κ2) is 5.45. The molecule has 2 N–H and O–H groups in total. The number of benzene rings is 1. The third kappa shape index (κ3) is 3.10. The predicted molar refractivity (Wildman–Crippen MR) is 86.0 cm³/mol. The number of aliphatic hydroxyl groups is 1. The maximum Gasteiger partial charge on any atom is 0.449 e. The number of piperidine rings is 1. The normalized spacial score (nSPS) is 23.9. The topological polar surface area (TPSA) is 69.2 Å². The Morgan fingerprint density at radius 3 is 2.60 bits per heavy atom. The van der Waals surface area contributed by atoms with Crippen LogP contribution in [0.3, 0.4) is 0 Å². The van der Waals surface area contributed by atoms with E-state index in [2.05, 4.69) is 9.97 Å². The fourth-order valence-corrected chi connectivity index (χ4v) is 3.05. The molecule has 1 amide bonds. The van der Waals surface area contributed by atoms with Crippen molar-refractivity contribution in [1.82, 2.24) is 14.9 Å². The van der Waals surface area contributed by atoms with Crippen molar-refractivity contribution in [3.8, 4) is 0 Å². The number of alkyl halides is 3. The van der Waals surface area contributed by atoms with Crippen LogP contribution in [0.2, 0.25) is 0 Å². The van der Waals surface area contributed by atoms with Gasteiger partial charge in [-0.3, -0.25) is 4.79 Å². The zero-order valence-electron chi connectivity index (χ0n) is 14.2. The maximum absolute atomic E-state index is 12.7. The molecule has 25 heavy (non-hydrogen) atoms. The van der Waals surface area contributed by atoms with Gasteiger partial charge in [-0.2, -0.15) is 13.2 Å². The summed E-state index contributed by atoms with van der Waals surface area (Å²) in [6.45, 7) is 6.29. The van der Waals surface area contributed by atoms with Crippen LogP contribution in [0, 0.1) is 5.41 Å². The highest BCUT2D eigenvalue weighted by Gasteiger charge is 2.45. The Morgan fingerprint density at radius 1 is 1.32 bits per heavy atom. The molecule has 1 atom stereocenters. The first-order valence-corrected chi connectivity index (χ1v) is 7.99. The van der Waals surface area contributed by atoms with Crippen LogP contribution >= 0.6 is 0 Å². The first-order chi connectivity index (χ1) is 11.4. The summed E-state index contributed by atoms with van der Waals surface area (Å²) in [5.41, 5.74) is -0.740. The number of imidazole rings is 1. The fourth-order valence-electron chi connectivity index (χ4n) is 3.05. The highest BCUT2D eigenvalue weighted by atomic mass is 19.4. The van der Waals surface area contributed by atoms with Gasteiger partial charge in [-0.1, -0.05) is 13.8 Å². The fraction of sp³-hybridized carbons (Fsp3) is 0.529. The average molecular weight is 355 g/mol. The molecule has 5 nitrogen and oxygen atoms in total. The van der Waals surface area contributed by atoms with E-state index in [0.717, 1.165) is 0 Å². The number of amides is 1. The third-order valence-electron chi connectivity index (χ3n) is 5.20. The predicted octanol–water partition coefficient (Wildman–Crippen LogP) is 3.20. The Balaban J connectivity index is 1.88. The summed E-state index contributed by atoms with van der Waals surface area (Å²) < 4.78 is 38.2. The zero-order chi connectivity index (χ0) is 18.6. The van der Waals surface area contributed by atoms with Crippen molar-refractivity contribution >= 4 is 16.9 Å². The molecule has 1 aromatic heterocycles. The summed E-state index contributed by atoms with van der Waals surface area (Å²) in [5.74, 6) is -1.35. The van der Waals surface area contributed by atoms with Gasteiger partial charge in [0.2, 0.25) is 5.82 Å². The van der Waals surface area contributed by atoms with Gasteiger partial charge in [0.15, 0.2) is 0 Å². The molecule has 2 aromatic rings. The molecule has 1 aromatic carbocycles. The summed E-state index contributed by atoms with van der Waals surface area (Å²) in [4.78, 5) is 20.1. The van der Waals surface area contributed by atoms with E-state index < -0.39 is 23.0 Å². The molecule has 0 saturated carbocycles. The van der Waals surface area contributed by atoms with Gasteiger partial charge in [-0.15, -0.1) is 0 Å². The molecule has 1 fully saturated rings. The number of hydrogen-bond acceptors (Lipinski definition) is 3. The van der Waals surface area contributed by atoms with Crippen LogP contribution < -0.4 is 0 Å². The molecule has 1 aliphatic rings. The molecule has 1 aliphatic heterocycles. The number of carbonyl (C=O) groups excluding carboxylic acids is 1. The number of fused-ring (bicyclic) bond motifs is 1. The summed E-state index contributed by atoms with van der Waals surface area (Å²) in [6.07, 6.45) is -4.12. The van der Waals surface area contributed by atoms with Crippen molar-refractivity contribution in [2.45, 2.75) is 39.0 Å². The number of carbonyl (C=O) groups is 1. The minimum atomic E-state index is -4.56. The Kier molecular flexibility index (Phi) is 3.87. The average Bonchev–Trinajstić information content (AvgIpc) is 2.92. The van der Waals surface area contributed by atoms with Crippen molar-refractivity contribution in [3.05, 3.63) is 29.6 Å². The van der Waals surface area contributed by atoms with E-state index in [0.29, 0.717) is 25.1 Å². The van der Waals surface area contributed by atoms with E-state index in [1.54, 1.807) is 11.8 Å². The van der Waals surface area contributed by atoms with E-state index in [4.69, 9.17) is 0 Å². The third-order valence-corrected chi connectivity index (χ3v) is 5.20. The Morgan fingerprint density at radius 2 is 2.00 bits per heavy atom. The molecular weight excluding hydrogens is 335 g/mol. The van der Waals surface area contributed by atoms with Crippen LogP contribution in [0.4, 0.5) is 13.2 Å². The molecule has 0 bridgehead atoms. The van der Waals surface area contributed by atoms with Crippen molar-refractivity contribution in [3.63, 3.8) is 0 Å². The maximum atomic E-state index is 12.7. The lowest BCUT2D eigenvalue weighted by atomic mass is 9.71. The van der Waals surface area contributed by atoms with Crippen molar-refractivity contribution in [1.29, 1.82) is 0 Å². The van der Waals surface area contributed by atoms with Gasteiger partial charge in [0, 0.05) is 24.1 Å². The summed E-state index contributed by atoms with van der Waals surface area (Å²) in [5, 5.41) is 10.4. The molecular formula is C17H20F3N3O2. The largest absolute Gasteiger partial charge is 0.449 e. The summed E-state index contributed by atoms with van der Waals surface area (Å²) >= 11 is 0. The van der Waals surface area contributed by atoms with Crippen LogP contribution in [0.15, 0.2) is 18.2 Å². The number of halogens is 3. The van der Waals surface area contributed by atoms with E-state index in [9.17, 15) is 23.1 Å². The Labute approximate surface area is 142 Å². The monoisotopic (exact) mass is 355 g/mol. The zero-order valence-corrected chi connectivity index (χ0v) is 14.2. The molecule has 3 rings (SSSR count). The first-order valence-electron chi connectivity index (χ1n) is 7.99. The number of hydrogen-bond donors (Lipinski definition) is 2. The van der Waals surface area contributed by atoms with Gasteiger partial charge in [0.25, 0.3) is 5.91 Å². The Hall–Kier alpha value is -2.09. The molecule has 0 aliphatic carbocycles. The van der Waals surface area contributed by atoms with Gasteiger partial charge in [0.1, 0.15) is 0 Å². The number of aromatic amines is 1. The number of likely N-dealkylation sites (tertiary alicyclic amines) is 1. The summed E-state index contributed by atoms with van der Waals surface area (Å²) in [6, 6.07) is 4.27. The van der Waals surface area contributed by atoms with Gasteiger partial charge >= 0.3 is 6.18 Å². The van der Waals surface area contributed by atoms with Crippen LogP contribution in [0.1, 0.15) is 43.4 Å². The van der Waals surface area contributed by atoms with Crippen molar-refractivity contribution < 1.29 is 23.1 Å². The lowest BCUT2D eigenvalue weighted by molar-refractivity contribution is -0.144. The highest BCUT2D eigenvalue weighted by Crippen LogP contribution is 2.38. The van der Waals surface area contributed by atoms with E-state index in [-0.39, 0.29) is 16.9 Å². The Bertz CT molecular complexity index is 824. The van der Waals surface area contributed by atoms with Gasteiger partial charge in [0.05, 0.1) is 16.6 Å². The number of nitrogens with one attached hydrogen (secondary N) is 1. The van der Waals surface area contributed by atoms with Gasteiger partial charge in [-0.05, 0) is 31.5 Å². The number of aromatic nitrogens is 2. The number of rotatable bonds is 1. The molecule has 0 unspecified atom stereocenters. The lowest BCUT2D eigenvalue weighted by Gasteiger charge is -2.48. The van der Waals surface area contributed by atoms with E-state index in [1.165, 1.54) is 18.2 Å². The quantitative estimate of drug-likeness (QED) is 0.825. The summed E-state index contributed by atoms with van der Waals surface area (Å²) in [7, 11) is 0. The van der Waals surface area contributed by atoms with E-state index in [1.807, 2.05) is 13.8 Å².